The number of amides is 1. The van der Waals surface area contributed by atoms with Gasteiger partial charge in [0.25, 0.3) is 5.91 Å². The minimum Gasteiger partial charge on any atom is -0.371 e. The Morgan fingerprint density at radius 3 is 2.95 bits per heavy atom. The van der Waals surface area contributed by atoms with Crippen LogP contribution in [0.4, 0.5) is 5.13 Å². The van der Waals surface area contributed by atoms with Crippen molar-refractivity contribution in [2.75, 3.05) is 11.9 Å². The minimum atomic E-state index is -0.346. The molecule has 106 valence electrons. The number of hydrogen-bond acceptors (Lipinski definition) is 7. The van der Waals surface area contributed by atoms with Crippen LogP contribution in [0.3, 0.4) is 0 Å². The fourth-order valence-electron chi connectivity index (χ4n) is 1.96. The van der Waals surface area contributed by atoms with E-state index in [4.69, 9.17) is 4.74 Å². The Balaban J connectivity index is 1.73. The number of anilines is 1. The monoisotopic (exact) mass is 312 g/mol. The summed E-state index contributed by atoms with van der Waals surface area (Å²) in [6, 6.07) is 0. The zero-order valence-electron chi connectivity index (χ0n) is 10.6. The van der Waals surface area contributed by atoms with Gasteiger partial charge in [0.1, 0.15) is 16.0 Å². The predicted molar refractivity (Wildman–Crippen MR) is 75.5 cm³/mol. The van der Waals surface area contributed by atoms with Crippen molar-refractivity contribution in [1.82, 2.24) is 15.2 Å². The van der Waals surface area contributed by atoms with E-state index >= 15 is 0 Å². The summed E-state index contributed by atoms with van der Waals surface area (Å²) in [5, 5.41) is 11.8. The van der Waals surface area contributed by atoms with Crippen LogP contribution in [0, 0.1) is 6.92 Å². The molecule has 3 heterocycles. The van der Waals surface area contributed by atoms with Crippen molar-refractivity contribution in [3.05, 3.63) is 25.2 Å². The van der Waals surface area contributed by atoms with Crippen molar-refractivity contribution >= 4 is 33.7 Å². The lowest BCUT2D eigenvalue weighted by atomic mass is 10.2. The van der Waals surface area contributed by atoms with Gasteiger partial charge in [0.15, 0.2) is 0 Å². The van der Waals surface area contributed by atoms with Crippen LogP contribution in [0.1, 0.15) is 39.3 Å². The molecule has 1 unspecified atom stereocenters. The zero-order valence-corrected chi connectivity index (χ0v) is 12.3. The highest BCUT2D eigenvalue weighted by Gasteiger charge is 2.23. The minimum absolute atomic E-state index is 0.0109. The highest BCUT2D eigenvalue weighted by atomic mass is 32.1. The maximum atomic E-state index is 12.0. The summed E-state index contributed by atoms with van der Waals surface area (Å²) in [7, 11) is 0. The van der Waals surface area contributed by atoms with Crippen LogP contribution in [0.2, 0.25) is 0 Å². The van der Waals surface area contributed by atoms with E-state index in [0.717, 1.165) is 35.8 Å². The number of carbonyl (C=O) groups is 1. The molecule has 1 aliphatic heterocycles. The van der Waals surface area contributed by atoms with E-state index in [2.05, 4.69) is 20.5 Å². The molecular weight excluding hydrogens is 300 g/mol. The van der Waals surface area contributed by atoms with Crippen LogP contribution in [0.25, 0.3) is 0 Å². The van der Waals surface area contributed by atoms with Gasteiger partial charge in [-0.1, -0.05) is 22.7 Å². The average Bonchev–Trinajstić information content (AvgIpc) is 3.09. The predicted octanol–water partition coefficient (Wildman–Crippen LogP) is 1.70. The highest BCUT2D eigenvalue weighted by molar-refractivity contribution is 7.15. The summed E-state index contributed by atoms with van der Waals surface area (Å²) in [5.74, 6) is -0.346. The van der Waals surface area contributed by atoms with Crippen LogP contribution < -0.4 is 10.2 Å². The van der Waals surface area contributed by atoms with E-state index in [1.165, 1.54) is 11.3 Å². The first-order valence-corrected chi connectivity index (χ1v) is 7.73. The SMILES string of the molecule is Cc1[nH]c(=O)sc1C(=O)Nc1nnc(C2CCCO2)s1. The van der Waals surface area contributed by atoms with Gasteiger partial charge in [-0.05, 0) is 19.8 Å². The molecule has 2 aromatic rings. The van der Waals surface area contributed by atoms with Crippen LogP contribution in [0.5, 0.6) is 0 Å². The number of rotatable bonds is 3. The number of nitrogens with one attached hydrogen (secondary N) is 2. The van der Waals surface area contributed by atoms with Gasteiger partial charge in [-0.25, -0.2) is 0 Å². The van der Waals surface area contributed by atoms with Crippen molar-refractivity contribution in [3.8, 4) is 0 Å². The van der Waals surface area contributed by atoms with Gasteiger partial charge < -0.3 is 9.72 Å². The average molecular weight is 312 g/mol. The maximum absolute atomic E-state index is 12.0. The second-order valence-electron chi connectivity index (χ2n) is 4.37. The molecule has 0 radical (unpaired) electrons. The molecule has 3 rings (SSSR count). The molecule has 1 fully saturated rings. The molecule has 7 nitrogen and oxygen atoms in total. The van der Waals surface area contributed by atoms with Crippen molar-refractivity contribution < 1.29 is 9.53 Å². The van der Waals surface area contributed by atoms with E-state index in [1.54, 1.807) is 6.92 Å². The Bertz CT molecular complexity index is 684. The molecule has 1 atom stereocenters. The van der Waals surface area contributed by atoms with Crippen molar-refractivity contribution in [2.45, 2.75) is 25.9 Å². The Morgan fingerprint density at radius 2 is 2.30 bits per heavy atom. The second-order valence-corrected chi connectivity index (χ2v) is 6.36. The summed E-state index contributed by atoms with van der Waals surface area (Å²) in [6.07, 6.45) is 1.94. The molecule has 2 aromatic heterocycles. The molecule has 0 aromatic carbocycles. The van der Waals surface area contributed by atoms with Crippen molar-refractivity contribution in [1.29, 1.82) is 0 Å². The number of H-pyrrole nitrogens is 1. The summed E-state index contributed by atoms with van der Waals surface area (Å²) in [4.78, 5) is 25.9. The topological polar surface area (TPSA) is 97.0 Å². The summed E-state index contributed by atoms with van der Waals surface area (Å²) < 4.78 is 5.52. The first kappa shape index (κ1) is 13.4. The lowest BCUT2D eigenvalue weighted by Crippen LogP contribution is -2.11. The van der Waals surface area contributed by atoms with Gasteiger partial charge in [-0.3, -0.25) is 14.9 Å². The molecule has 2 N–H and O–H groups in total. The van der Waals surface area contributed by atoms with E-state index in [9.17, 15) is 9.59 Å². The molecule has 1 aliphatic rings. The summed E-state index contributed by atoms with van der Waals surface area (Å²) in [6.45, 7) is 2.42. The largest absolute Gasteiger partial charge is 0.371 e. The molecule has 9 heteroatoms. The number of aromatic nitrogens is 3. The Morgan fingerprint density at radius 1 is 1.45 bits per heavy atom. The number of thiazole rings is 1. The Kier molecular flexibility index (Phi) is 3.64. The molecule has 1 saturated heterocycles. The quantitative estimate of drug-likeness (QED) is 0.899. The number of carbonyl (C=O) groups excluding carboxylic acids is 1. The van der Waals surface area contributed by atoms with Gasteiger partial charge >= 0.3 is 4.87 Å². The highest BCUT2D eigenvalue weighted by Crippen LogP contribution is 2.32. The third kappa shape index (κ3) is 2.65. The Hall–Kier alpha value is -1.58. The lowest BCUT2D eigenvalue weighted by Gasteiger charge is -2.02. The molecule has 0 bridgehead atoms. The smallest absolute Gasteiger partial charge is 0.305 e. The van der Waals surface area contributed by atoms with Gasteiger partial charge in [0.05, 0.1) is 0 Å². The Labute approximate surface area is 122 Å². The van der Waals surface area contributed by atoms with Crippen LogP contribution in [0.15, 0.2) is 4.79 Å². The first-order valence-electron chi connectivity index (χ1n) is 6.09. The molecule has 0 saturated carbocycles. The first-order chi connectivity index (χ1) is 9.63. The lowest BCUT2D eigenvalue weighted by molar-refractivity contribution is 0.102. The summed E-state index contributed by atoms with van der Waals surface area (Å²) >= 11 is 2.19. The molecule has 0 spiro atoms. The molecule has 0 aliphatic carbocycles. The van der Waals surface area contributed by atoms with E-state index in [-0.39, 0.29) is 16.9 Å². The van der Waals surface area contributed by atoms with Crippen molar-refractivity contribution in [3.63, 3.8) is 0 Å². The fraction of sp³-hybridized carbons (Fsp3) is 0.455. The summed E-state index contributed by atoms with van der Waals surface area (Å²) in [5.41, 5.74) is 0.557. The molecule has 20 heavy (non-hydrogen) atoms. The number of aromatic amines is 1. The van der Waals surface area contributed by atoms with Gasteiger partial charge in [-0.2, -0.15) is 0 Å². The van der Waals surface area contributed by atoms with Gasteiger partial charge in [0, 0.05) is 12.3 Å². The standard InChI is InChI=1S/C11H12N4O3S2/c1-5-7(19-11(17)12-5)8(16)13-10-15-14-9(20-10)6-3-2-4-18-6/h6H,2-4H2,1H3,(H,12,17)(H,13,15,16). The van der Waals surface area contributed by atoms with Gasteiger partial charge in [-0.15, -0.1) is 10.2 Å². The van der Waals surface area contributed by atoms with E-state index in [1.807, 2.05) is 0 Å². The van der Waals surface area contributed by atoms with Crippen LogP contribution in [-0.2, 0) is 4.74 Å². The molecule has 1 amide bonds. The number of ether oxygens (including phenoxy) is 1. The number of aryl methyl sites for hydroxylation is 1. The van der Waals surface area contributed by atoms with Crippen LogP contribution in [-0.4, -0.2) is 27.7 Å². The van der Waals surface area contributed by atoms with E-state index in [0.29, 0.717) is 15.7 Å². The third-order valence-electron chi connectivity index (χ3n) is 2.90. The normalized spacial score (nSPS) is 18.4. The van der Waals surface area contributed by atoms with Gasteiger partial charge in [0.2, 0.25) is 5.13 Å². The number of nitrogens with zero attached hydrogens (tertiary/aromatic N) is 2. The van der Waals surface area contributed by atoms with Crippen LogP contribution >= 0.6 is 22.7 Å². The van der Waals surface area contributed by atoms with Crippen molar-refractivity contribution in [2.24, 2.45) is 0 Å². The zero-order chi connectivity index (χ0) is 14.1. The maximum Gasteiger partial charge on any atom is 0.305 e. The second kappa shape index (κ2) is 5.43. The molecular formula is C11H12N4O3S2. The third-order valence-corrected chi connectivity index (χ3v) is 4.81. The fourth-order valence-corrected chi connectivity index (χ4v) is 3.52. The van der Waals surface area contributed by atoms with E-state index < -0.39 is 0 Å². The number of hydrogen-bond donors (Lipinski definition) is 2.